The first-order valence-electron chi connectivity index (χ1n) is 15.3. The maximum absolute atomic E-state index is 6.39. The zero-order chi connectivity index (χ0) is 28.8. The van der Waals surface area contributed by atoms with Gasteiger partial charge in [-0.25, -0.2) is 0 Å². The Morgan fingerprint density at radius 1 is 0.409 bits per heavy atom. The van der Waals surface area contributed by atoms with Gasteiger partial charge in [0.25, 0.3) is 0 Å². The van der Waals surface area contributed by atoms with Crippen molar-refractivity contribution in [3.8, 4) is 22.3 Å². The van der Waals surface area contributed by atoms with Crippen LogP contribution in [0, 0.1) is 0 Å². The molecule has 1 aliphatic rings. The zero-order valence-electron chi connectivity index (χ0n) is 23.9. The quantitative estimate of drug-likeness (QED) is 0.196. The Morgan fingerprint density at radius 2 is 0.955 bits per heavy atom. The van der Waals surface area contributed by atoms with Gasteiger partial charge in [-0.1, -0.05) is 91.0 Å². The molecule has 1 aliphatic carbocycles. The Labute approximate surface area is 253 Å². The Kier molecular flexibility index (Phi) is 4.86. The molecule has 2 nitrogen and oxygen atoms in total. The lowest BCUT2D eigenvalue weighted by molar-refractivity contribution is 0.668. The van der Waals surface area contributed by atoms with Gasteiger partial charge in [0.05, 0.1) is 0 Å². The molecule has 9 aromatic rings. The first-order valence-corrected chi connectivity index (χ1v) is 15.3. The van der Waals surface area contributed by atoms with Gasteiger partial charge in [-0.05, 0) is 110 Å². The highest BCUT2D eigenvalue weighted by molar-refractivity contribution is 6.22. The number of para-hydroxylation sites is 1. The minimum absolute atomic E-state index is 0.912. The third-order valence-electron chi connectivity index (χ3n) is 9.50. The van der Waals surface area contributed by atoms with Crippen LogP contribution in [-0.4, -0.2) is 0 Å². The Hall–Kier alpha value is -5.60. The molecule has 0 amide bonds. The molecule has 2 heterocycles. The summed E-state index contributed by atoms with van der Waals surface area (Å²) in [7, 11) is 0. The summed E-state index contributed by atoms with van der Waals surface area (Å²) in [6.07, 6.45) is 6.68. The van der Waals surface area contributed by atoms with Crippen LogP contribution in [0.4, 0.5) is 0 Å². The topological polar surface area (TPSA) is 26.3 Å². The van der Waals surface area contributed by atoms with Crippen LogP contribution in [0.25, 0.3) is 93.8 Å². The average molecular weight is 563 g/mol. The number of fused-ring (bicyclic) bond motifs is 9. The van der Waals surface area contributed by atoms with Gasteiger partial charge in [0.1, 0.15) is 22.3 Å². The van der Waals surface area contributed by atoms with E-state index in [0.29, 0.717) is 0 Å². The molecule has 10 rings (SSSR count). The molecule has 0 atom stereocenters. The molecule has 0 bridgehead atoms. The Balaban J connectivity index is 1.25. The number of allylic oxidation sites excluding steroid dienone is 1. The normalized spacial score (nSPS) is 13.2. The highest BCUT2D eigenvalue weighted by atomic mass is 16.3. The molecule has 0 unspecified atom stereocenters. The van der Waals surface area contributed by atoms with E-state index < -0.39 is 0 Å². The summed E-state index contributed by atoms with van der Waals surface area (Å²) in [4.78, 5) is 0. The number of aryl methyl sites for hydroxylation is 1. The standard InChI is InChI=1S/C42H26O2/c1-2-10-26-23-40-36(21-25(26)9-1)35-22-27(18-20-38(35)44-40)41-31-12-3-5-14-33(31)42(34-15-6-4-13-32(34)41)28-17-19-30-29-11-7-8-16-37(29)43-39(30)24-28/h1,3-9,11-24H,2,10H2. The molecule has 0 N–H and O–H groups in total. The van der Waals surface area contributed by atoms with E-state index in [1.807, 2.05) is 12.1 Å². The maximum Gasteiger partial charge on any atom is 0.136 e. The van der Waals surface area contributed by atoms with Crippen molar-refractivity contribution in [3.63, 3.8) is 0 Å². The molecule has 0 fully saturated rings. The van der Waals surface area contributed by atoms with Crippen molar-refractivity contribution in [1.29, 1.82) is 0 Å². The lowest BCUT2D eigenvalue weighted by atomic mass is 9.85. The van der Waals surface area contributed by atoms with Gasteiger partial charge >= 0.3 is 0 Å². The van der Waals surface area contributed by atoms with E-state index in [2.05, 4.69) is 121 Å². The largest absolute Gasteiger partial charge is 0.456 e. The molecule has 0 saturated carbocycles. The summed E-state index contributed by atoms with van der Waals surface area (Å²) in [6, 6.07) is 43.8. The minimum Gasteiger partial charge on any atom is -0.456 e. The van der Waals surface area contributed by atoms with E-state index in [4.69, 9.17) is 8.83 Å². The van der Waals surface area contributed by atoms with Gasteiger partial charge in [-0.3, -0.25) is 0 Å². The van der Waals surface area contributed by atoms with Crippen LogP contribution in [0.15, 0.2) is 136 Å². The lowest BCUT2D eigenvalue weighted by Crippen LogP contribution is -1.93. The van der Waals surface area contributed by atoms with E-state index in [1.54, 1.807) is 0 Å². The molecule has 2 heteroatoms. The van der Waals surface area contributed by atoms with Crippen LogP contribution in [-0.2, 0) is 6.42 Å². The van der Waals surface area contributed by atoms with E-state index in [0.717, 1.165) is 56.9 Å². The number of hydrogen-bond acceptors (Lipinski definition) is 2. The van der Waals surface area contributed by atoms with Crippen molar-refractivity contribution in [2.45, 2.75) is 12.8 Å². The summed E-state index contributed by atoms with van der Waals surface area (Å²) in [5.74, 6) is 0. The summed E-state index contributed by atoms with van der Waals surface area (Å²) >= 11 is 0. The maximum atomic E-state index is 6.39. The average Bonchev–Trinajstić information content (AvgIpc) is 3.62. The molecule has 0 radical (unpaired) electrons. The lowest BCUT2D eigenvalue weighted by Gasteiger charge is -2.17. The van der Waals surface area contributed by atoms with E-state index in [1.165, 1.54) is 54.7 Å². The zero-order valence-corrected chi connectivity index (χ0v) is 23.9. The second-order valence-corrected chi connectivity index (χ2v) is 12.0. The number of benzene rings is 7. The smallest absolute Gasteiger partial charge is 0.136 e. The molecule has 0 saturated heterocycles. The van der Waals surface area contributed by atoms with Gasteiger partial charge in [0.15, 0.2) is 0 Å². The van der Waals surface area contributed by atoms with Crippen molar-refractivity contribution in [3.05, 3.63) is 139 Å². The first-order chi connectivity index (χ1) is 21.8. The van der Waals surface area contributed by atoms with Crippen LogP contribution in [0.3, 0.4) is 0 Å². The fourth-order valence-electron chi connectivity index (χ4n) is 7.49. The van der Waals surface area contributed by atoms with Crippen LogP contribution < -0.4 is 0 Å². The minimum atomic E-state index is 0.912. The van der Waals surface area contributed by atoms with Gasteiger partial charge < -0.3 is 8.83 Å². The third-order valence-corrected chi connectivity index (χ3v) is 9.50. The molecular weight excluding hydrogens is 536 g/mol. The SMILES string of the molecule is C1=Cc2cc3c(cc2CC1)oc1ccc(-c2c4ccccc4c(-c4ccc5c(c4)oc4ccccc45)c4ccccc24)cc13. The summed E-state index contributed by atoms with van der Waals surface area (Å²) in [6.45, 7) is 0. The Bertz CT molecular complexity index is 2610. The molecule has 206 valence electrons. The Morgan fingerprint density at radius 3 is 1.68 bits per heavy atom. The molecule has 0 spiro atoms. The van der Waals surface area contributed by atoms with Gasteiger partial charge in [-0.15, -0.1) is 0 Å². The second-order valence-electron chi connectivity index (χ2n) is 12.0. The van der Waals surface area contributed by atoms with Crippen LogP contribution >= 0.6 is 0 Å². The molecule has 7 aromatic carbocycles. The number of hydrogen-bond donors (Lipinski definition) is 0. The van der Waals surface area contributed by atoms with E-state index in [9.17, 15) is 0 Å². The third kappa shape index (κ3) is 3.37. The van der Waals surface area contributed by atoms with Crippen molar-refractivity contribution < 1.29 is 8.83 Å². The van der Waals surface area contributed by atoms with Crippen LogP contribution in [0.1, 0.15) is 17.5 Å². The van der Waals surface area contributed by atoms with E-state index in [-0.39, 0.29) is 0 Å². The molecular formula is C42H26O2. The highest BCUT2D eigenvalue weighted by Crippen LogP contribution is 2.46. The second kappa shape index (κ2) is 8.95. The first kappa shape index (κ1) is 23.9. The monoisotopic (exact) mass is 562 g/mol. The van der Waals surface area contributed by atoms with Gasteiger partial charge in [-0.2, -0.15) is 0 Å². The van der Waals surface area contributed by atoms with Crippen molar-refractivity contribution in [2.24, 2.45) is 0 Å². The van der Waals surface area contributed by atoms with Gasteiger partial charge in [0, 0.05) is 21.5 Å². The highest BCUT2D eigenvalue weighted by Gasteiger charge is 2.19. The number of furan rings is 2. The predicted molar refractivity (Wildman–Crippen MR) is 184 cm³/mol. The van der Waals surface area contributed by atoms with Crippen LogP contribution in [0.2, 0.25) is 0 Å². The molecule has 0 aliphatic heterocycles. The predicted octanol–water partition coefficient (Wildman–Crippen LogP) is 12.1. The van der Waals surface area contributed by atoms with Crippen molar-refractivity contribution >= 4 is 71.5 Å². The number of rotatable bonds is 2. The van der Waals surface area contributed by atoms with Gasteiger partial charge in [0.2, 0.25) is 0 Å². The van der Waals surface area contributed by atoms with Crippen molar-refractivity contribution in [1.82, 2.24) is 0 Å². The van der Waals surface area contributed by atoms with E-state index >= 15 is 0 Å². The summed E-state index contributed by atoms with van der Waals surface area (Å²) in [5.41, 5.74) is 11.2. The fraction of sp³-hybridized carbons (Fsp3) is 0.0476. The fourth-order valence-corrected chi connectivity index (χ4v) is 7.49. The molecule has 2 aromatic heterocycles. The van der Waals surface area contributed by atoms with Crippen molar-refractivity contribution in [2.75, 3.05) is 0 Å². The van der Waals surface area contributed by atoms with Crippen LogP contribution in [0.5, 0.6) is 0 Å². The summed E-state index contributed by atoms with van der Waals surface area (Å²) in [5, 5.41) is 9.56. The summed E-state index contributed by atoms with van der Waals surface area (Å²) < 4.78 is 12.7. The molecule has 44 heavy (non-hydrogen) atoms.